The lowest BCUT2D eigenvalue weighted by Crippen LogP contribution is -2.53. The maximum absolute atomic E-state index is 11.8. The molecule has 1 aliphatic rings. The number of rotatable bonds is 11. The number of carbonyl (C=O) groups excluding carboxylic acids is 2. The Morgan fingerprint density at radius 1 is 1.04 bits per heavy atom. The highest BCUT2D eigenvalue weighted by Gasteiger charge is 2.34. The molecule has 1 rings (SSSR count). The molecule has 0 spiro atoms. The summed E-state index contributed by atoms with van der Waals surface area (Å²) in [5, 5.41) is 0. The average molecular weight is 393 g/mol. The van der Waals surface area contributed by atoms with Crippen LogP contribution in [0.4, 0.5) is 0 Å². The largest absolute Gasteiger partial charge is 0.452 e. The summed E-state index contributed by atoms with van der Waals surface area (Å²) in [6.07, 6.45) is 6.40. The molecule has 0 aromatic rings. The molecule has 0 saturated carbocycles. The zero-order chi connectivity index (χ0) is 16.4. The van der Waals surface area contributed by atoms with Crippen LogP contribution in [0.25, 0.3) is 0 Å². The van der Waals surface area contributed by atoms with Gasteiger partial charge in [-0.2, -0.15) is 0 Å². The Hall–Kier alpha value is -0.620. The third-order valence-electron chi connectivity index (χ3n) is 4.06. The number of cyclic esters (lactones) is 1. The van der Waals surface area contributed by atoms with Crippen LogP contribution in [0.15, 0.2) is 0 Å². The first-order valence-electron chi connectivity index (χ1n) is 8.84. The van der Waals surface area contributed by atoms with Crippen LogP contribution >= 0.6 is 17.0 Å². The van der Waals surface area contributed by atoms with E-state index in [4.69, 9.17) is 4.74 Å². The van der Waals surface area contributed by atoms with Gasteiger partial charge in [-0.25, -0.2) is 4.79 Å². The maximum atomic E-state index is 11.8. The number of unbranched alkanes of at least 4 members (excludes halogenated alkanes) is 3. The van der Waals surface area contributed by atoms with Gasteiger partial charge in [0.05, 0.1) is 6.54 Å². The quantitative estimate of drug-likeness (QED) is 0.400. The summed E-state index contributed by atoms with van der Waals surface area (Å²) in [7, 11) is 0. The lowest BCUT2D eigenvalue weighted by molar-refractivity contribution is -0.173. The Morgan fingerprint density at radius 2 is 1.61 bits per heavy atom. The molecule has 1 aliphatic heterocycles. The Labute approximate surface area is 151 Å². The normalized spacial score (nSPS) is 18.1. The fraction of sp³-hybridized carbons (Fsp3) is 0.882. The van der Waals surface area contributed by atoms with Gasteiger partial charge in [-0.15, -0.1) is 17.0 Å². The van der Waals surface area contributed by atoms with E-state index in [2.05, 4.69) is 25.7 Å². The standard InChI is InChI=1S/C17H32N2O3.BrH/c1-4-7-10-18(11-8-5-2)13-15-14-19(12-9-6-3)16(20)17(21)22-15;/h15H,4-14H2,1-3H3;1H. The molecule has 1 fully saturated rings. The van der Waals surface area contributed by atoms with E-state index in [1.54, 1.807) is 4.90 Å². The summed E-state index contributed by atoms with van der Waals surface area (Å²) in [6.45, 7) is 10.5. The average Bonchev–Trinajstić information content (AvgIpc) is 2.51. The highest BCUT2D eigenvalue weighted by atomic mass is 79.9. The maximum Gasteiger partial charge on any atom is 0.397 e. The Morgan fingerprint density at radius 3 is 2.13 bits per heavy atom. The van der Waals surface area contributed by atoms with Gasteiger partial charge in [0.2, 0.25) is 0 Å². The minimum absolute atomic E-state index is 0. The van der Waals surface area contributed by atoms with Crippen molar-refractivity contribution in [2.24, 2.45) is 0 Å². The third-order valence-corrected chi connectivity index (χ3v) is 4.06. The lowest BCUT2D eigenvalue weighted by atomic mass is 10.2. The number of esters is 1. The van der Waals surface area contributed by atoms with Crippen molar-refractivity contribution in [3.8, 4) is 0 Å². The van der Waals surface area contributed by atoms with Gasteiger partial charge in [0, 0.05) is 13.1 Å². The first kappa shape index (κ1) is 22.4. The van der Waals surface area contributed by atoms with Crippen molar-refractivity contribution >= 4 is 28.9 Å². The van der Waals surface area contributed by atoms with Crippen molar-refractivity contribution < 1.29 is 14.3 Å². The molecule has 1 amide bonds. The van der Waals surface area contributed by atoms with Gasteiger partial charge in [-0.3, -0.25) is 9.69 Å². The van der Waals surface area contributed by atoms with Crippen molar-refractivity contribution in [2.75, 3.05) is 32.7 Å². The van der Waals surface area contributed by atoms with Crippen LogP contribution < -0.4 is 0 Å². The van der Waals surface area contributed by atoms with Crippen LogP contribution in [0.3, 0.4) is 0 Å². The second-order valence-electron chi connectivity index (χ2n) is 6.14. The minimum Gasteiger partial charge on any atom is -0.452 e. The first-order chi connectivity index (χ1) is 10.6. The molecule has 0 bridgehead atoms. The van der Waals surface area contributed by atoms with Gasteiger partial charge in [-0.1, -0.05) is 40.0 Å². The molecule has 6 heteroatoms. The summed E-state index contributed by atoms with van der Waals surface area (Å²) in [4.78, 5) is 27.6. The summed E-state index contributed by atoms with van der Waals surface area (Å²) < 4.78 is 5.33. The van der Waals surface area contributed by atoms with E-state index in [1.807, 2.05) is 0 Å². The molecular weight excluding hydrogens is 360 g/mol. The van der Waals surface area contributed by atoms with Crippen LogP contribution in [-0.2, 0) is 14.3 Å². The third kappa shape index (κ3) is 8.15. The van der Waals surface area contributed by atoms with Crippen LogP contribution in [0.2, 0.25) is 0 Å². The number of carbonyl (C=O) groups is 2. The van der Waals surface area contributed by atoms with Crippen LogP contribution in [-0.4, -0.2) is 60.5 Å². The van der Waals surface area contributed by atoms with Gasteiger partial charge in [0.15, 0.2) is 0 Å². The zero-order valence-corrected chi connectivity index (χ0v) is 16.6. The first-order valence-corrected chi connectivity index (χ1v) is 8.84. The Kier molecular flexibility index (Phi) is 12.4. The van der Waals surface area contributed by atoms with Crippen molar-refractivity contribution in [2.45, 2.75) is 65.4 Å². The fourth-order valence-corrected chi connectivity index (χ4v) is 2.68. The molecule has 0 aromatic heterocycles. The molecule has 5 nitrogen and oxygen atoms in total. The van der Waals surface area contributed by atoms with Crippen LogP contribution in [0.5, 0.6) is 0 Å². The van der Waals surface area contributed by atoms with Crippen molar-refractivity contribution in [1.82, 2.24) is 9.80 Å². The molecule has 1 atom stereocenters. The molecule has 1 unspecified atom stereocenters. The summed E-state index contributed by atoms with van der Waals surface area (Å²) >= 11 is 0. The van der Waals surface area contributed by atoms with Crippen molar-refractivity contribution in [3.63, 3.8) is 0 Å². The van der Waals surface area contributed by atoms with E-state index in [1.165, 1.54) is 0 Å². The van der Waals surface area contributed by atoms with Gasteiger partial charge in [-0.05, 0) is 32.4 Å². The van der Waals surface area contributed by atoms with E-state index in [9.17, 15) is 9.59 Å². The van der Waals surface area contributed by atoms with Crippen LogP contribution in [0, 0.1) is 0 Å². The zero-order valence-electron chi connectivity index (χ0n) is 14.9. The smallest absolute Gasteiger partial charge is 0.397 e. The molecule has 0 radical (unpaired) electrons. The lowest BCUT2D eigenvalue weighted by Gasteiger charge is -2.34. The highest BCUT2D eigenvalue weighted by Crippen LogP contribution is 2.12. The number of morpholine rings is 1. The second-order valence-corrected chi connectivity index (χ2v) is 6.14. The van der Waals surface area contributed by atoms with Gasteiger partial charge in [0.1, 0.15) is 6.10 Å². The molecular formula is C17H33BrN2O3. The van der Waals surface area contributed by atoms with E-state index < -0.39 is 11.9 Å². The van der Waals surface area contributed by atoms with E-state index in [0.717, 1.165) is 58.2 Å². The molecule has 0 N–H and O–H groups in total. The number of ether oxygens (including phenoxy) is 1. The van der Waals surface area contributed by atoms with Crippen molar-refractivity contribution in [1.29, 1.82) is 0 Å². The van der Waals surface area contributed by atoms with E-state index in [-0.39, 0.29) is 23.1 Å². The minimum atomic E-state index is -0.682. The number of halogens is 1. The summed E-state index contributed by atoms with van der Waals surface area (Å²) in [5.41, 5.74) is 0. The Balaban J connectivity index is 0.00000484. The predicted molar refractivity (Wildman–Crippen MR) is 97.9 cm³/mol. The van der Waals surface area contributed by atoms with E-state index in [0.29, 0.717) is 13.1 Å². The highest BCUT2D eigenvalue weighted by molar-refractivity contribution is 8.93. The molecule has 23 heavy (non-hydrogen) atoms. The molecule has 0 aromatic carbocycles. The topological polar surface area (TPSA) is 49.9 Å². The second kappa shape index (κ2) is 12.8. The van der Waals surface area contributed by atoms with Gasteiger partial charge >= 0.3 is 11.9 Å². The van der Waals surface area contributed by atoms with E-state index >= 15 is 0 Å². The number of nitrogens with zero attached hydrogens (tertiary/aromatic N) is 2. The molecule has 1 saturated heterocycles. The van der Waals surface area contributed by atoms with Gasteiger partial charge in [0.25, 0.3) is 0 Å². The van der Waals surface area contributed by atoms with Gasteiger partial charge < -0.3 is 9.64 Å². The Bertz CT molecular complexity index is 345. The number of hydrogen-bond donors (Lipinski definition) is 0. The summed E-state index contributed by atoms with van der Waals surface area (Å²) in [5.74, 6) is -1.16. The van der Waals surface area contributed by atoms with Crippen LogP contribution in [0.1, 0.15) is 59.3 Å². The predicted octanol–water partition coefficient (Wildman–Crippen LogP) is 3.02. The molecule has 1 heterocycles. The summed E-state index contributed by atoms with van der Waals surface area (Å²) in [6, 6.07) is 0. The fourth-order valence-electron chi connectivity index (χ4n) is 2.68. The van der Waals surface area contributed by atoms with Crippen molar-refractivity contribution in [3.05, 3.63) is 0 Å². The SMILES string of the molecule is Br.CCCCN(CCCC)CC1CN(CCCC)C(=O)C(=O)O1. The monoisotopic (exact) mass is 392 g/mol. The molecule has 0 aliphatic carbocycles. The number of hydrogen-bond acceptors (Lipinski definition) is 4. The molecule has 136 valence electrons. The number of amides is 1.